The monoisotopic (exact) mass is 234 g/mol. The predicted octanol–water partition coefficient (Wildman–Crippen LogP) is 4.03. The van der Waals surface area contributed by atoms with Crippen molar-refractivity contribution in [1.82, 2.24) is 9.97 Å². The lowest BCUT2D eigenvalue weighted by molar-refractivity contribution is 0.857. The second-order valence-corrected chi connectivity index (χ2v) is 5.77. The highest BCUT2D eigenvalue weighted by molar-refractivity contribution is 7.19. The third kappa shape index (κ3) is 1.36. The first kappa shape index (κ1) is 9.24. The summed E-state index contributed by atoms with van der Waals surface area (Å²) >= 11 is 3.45. The summed E-state index contributed by atoms with van der Waals surface area (Å²) < 4.78 is 2.47. The molecule has 0 aliphatic rings. The van der Waals surface area contributed by atoms with Gasteiger partial charge in [-0.05, 0) is 12.1 Å². The van der Waals surface area contributed by atoms with E-state index in [1.54, 1.807) is 22.7 Å². The van der Waals surface area contributed by atoms with E-state index in [0.717, 1.165) is 11.0 Å². The molecule has 3 rings (SSSR count). The van der Waals surface area contributed by atoms with Crippen LogP contribution in [0, 0.1) is 0 Å². The zero-order chi connectivity index (χ0) is 10.4. The Morgan fingerprint density at radius 1 is 1.13 bits per heavy atom. The highest BCUT2D eigenvalue weighted by atomic mass is 32.1. The lowest BCUT2D eigenvalue weighted by atomic mass is 10.2. The first-order chi connectivity index (χ1) is 7.25. The van der Waals surface area contributed by atoms with Crippen LogP contribution >= 0.6 is 22.7 Å². The summed E-state index contributed by atoms with van der Waals surface area (Å²) in [6.45, 7) is 4.35. The summed E-state index contributed by atoms with van der Waals surface area (Å²) in [6.07, 6.45) is 0. The normalized spacial score (nSPS) is 11.9. The molecule has 0 N–H and O–H groups in total. The number of rotatable bonds is 1. The molecule has 0 spiro atoms. The van der Waals surface area contributed by atoms with Crippen LogP contribution < -0.4 is 0 Å². The molecule has 2 nitrogen and oxygen atoms in total. The highest BCUT2D eigenvalue weighted by Gasteiger charge is 2.10. The molecular weight excluding hydrogens is 224 g/mol. The number of hydrogen-bond donors (Lipinski definition) is 0. The third-order valence-corrected chi connectivity index (χ3v) is 4.48. The number of hydrogen-bond acceptors (Lipinski definition) is 4. The van der Waals surface area contributed by atoms with Crippen molar-refractivity contribution in [1.29, 1.82) is 0 Å². The molecule has 0 aliphatic carbocycles. The van der Waals surface area contributed by atoms with Crippen molar-refractivity contribution in [2.75, 3.05) is 0 Å². The number of aromatic nitrogens is 2. The molecule has 76 valence electrons. The van der Waals surface area contributed by atoms with Crippen LogP contribution in [0.5, 0.6) is 0 Å². The second kappa shape index (κ2) is 3.25. The van der Waals surface area contributed by atoms with Gasteiger partial charge in [0.05, 0.1) is 19.9 Å². The van der Waals surface area contributed by atoms with Crippen LogP contribution in [0.25, 0.3) is 20.4 Å². The van der Waals surface area contributed by atoms with E-state index >= 15 is 0 Å². The van der Waals surface area contributed by atoms with Crippen LogP contribution in [0.3, 0.4) is 0 Å². The van der Waals surface area contributed by atoms with Crippen LogP contribution in [0.15, 0.2) is 17.6 Å². The van der Waals surface area contributed by atoms with E-state index < -0.39 is 0 Å². The highest BCUT2D eigenvalue weighted by Crippen LogP contribution is 2.32. The van der Waals surface area contributed by atoms with E-state index in [1.165, 1.54) is 14.4 Å². The molecule has 0 bridgehead atoms. The number of fused-ring (bicyclic) bond motifs is 3. The first-order valence-corrected chi connectivity index (χ1v) is 6.58. The van der Waals surface area contributed by atoms with E-state index in [0.29, 0.717) is 5.92 Å². The first-order valence-electron chi connectivity index (χ1n) is 4.88. The van der Waals surface area contributed by atoms with Gasteiger partial charge in [-0.25, -0.2) is 9.97 Å². The number of thiazole rings is 2. The van der Waals surface area contributed by atoms with Gasteiger partial charge < -0.3 is 0 Å². The van der Waals surface area contributed by atoms with Gasteiger partial charge in [-0.2, -0.15) is 0 Å². The summed E-state index contributed by atoms with van der Waals surface area (Å²) in [5.74, 6) is 0.496. The van der Waals surface area contributed by atoms with Gasteiger partial charge in [-0.3, -0.25) is 0 Å². The van der Waals surface area contributed by atoms with Gasteiger partial charge in [-0.1, -0.05) is 13.8 Å². The van der Waals surface area contributed by atoms with Crippen molar-refractivity contribution in [2.45, 2.75) is 19.8 Å². The summed E-state index contributed by atoms with van der Waals surface area (Å²) in [5, 5.41) is 1.20. The standard InChI is InChI=1S/C11H10N2S2/c1-6(2)11-13-10-8(15-11)4-3-7-9(10)12-5-14-7/h3-6H,1-2H3. The van der Waals surface area contributed by atoms with Gasteiger partial charge >= 0.3 is 0 Å². The van der Waals surface area contributed by atoms with Crippen molar-refractivity contribution in [3.05, 3.63) is 22.7 Å². The molecule has 2 aromatic heterocycles. The van der Waals surface area contributed by atoms with Crippen molar-refractivity contribution < 1.29 is 0 Å². The molecule has 0 unspecified atom stereocenters. The van der Waals surface area contributed by atoms with Crippen molar-refractivity contribution in [3.8, 4) is 0 Å². The molecular formula is C11H10N2S2. The average Bonchev–Trinajstić information content (AvgIpc) is 2.82. The van der Waals surface area contributed by atoms with Crippen LogP contribution in [0.4, 0.5) is 0 Å². The number of benzene rings is 1. The Balaban J connectivity index is 2.41. The summed E-state index contributed by atoms with van der Waals surface area (Å²) in [5.41, 5.74) is 4.02. The second-order valence-electron chi connectivity index (χ2n) is 3.82. The molecule has 0 saturated carbocycles. The van der Waals surface area contributed by atoms with Gasteiger partial charge in [0.25, 0.3) is 0 Å². The maximum atomic E-state index is 4.68. The van der Waals surface area contributed by atoms with Gasteiger partial charge in [0.15, 0.2) is 0 Å². The SMILES string of the molecule is CC(C)c1nc2c(ccc3scnc32)s1. The molecule has 0 fully saturated rings. The Morgan fingerprint density at radius 2 is 1.93 bits per heavy atom. The molecule has 0 aliphatic heterocycles. The van der Waals surface area contributed by atoms with E-state index in [4.69, 9.17) is 0 Å². The maximum absolute atomic E-state index is 4.68. The van der Waals surface area contributed by atoms with Crippen molar-refractivity contribution >= 4 is 43.1 Å². The average molecular weight is 234 g/mol. The Bertz CT molecular complexity index is 622. The van der Waals surface area contributed by atoms with Crippen molar-refractivity contribution in [3.63, 3.8) is 0 Å². The quantitative estimate of drug-likeness (QED) is 0.635. The molecule has 4 heteroatoms. The fourth-order valence-electron chi connectivity index (χ4n) is 1.58. The van der Waals surface area contributed by atoms with E-state index in [2.05, 4.69) is 35.9 Å². The number of nitrogens with zero attached hydrogens (tertiary/aromatic N) is 2. The molecule has 0 atom stereocenters. The Labute approximate surface area is 95.6 Å². The zero-order valence-electron chi connectivity index (χ0n) is 8.52. The topological polar surface area (TPSA) is 25.8 Å². The van der Waals surface area contributed by atoms with Gasteiger partial charge in [0.2, 0.25) is 0 Å². The third-order valence-electron chi connectivity index (χ3n) is 2.37. The minimum absolute atomic E-state index is 0.496. The Hall–Kier alpha value is -1.00. The molecule has 15 heavy (non-hydrogen) atoms. The fraction of sp³-hybridized carbons (Fsp3) is 0.273. The molecule has 0 amide bonds. The van der Waals surface area contributed by atoms with Crippen LogP contribution in [-0.4, -0.2) is 9.97 Å². The van der Waals surface area contributed by atoms with Crippen LogP contribution in [-0.2, 0) is 0 Å². The van der Waals surface area contributed by atoms with E-state index in [1.807, 2.05) is 5.51 Å². The van der Waals surface area contributed by atoms with Gasteiger partial charge in [-0.15, -0.1) is 22.7 Å². The lowest BCUT2D eigenvalue weighted by Gasteiger charge is -1.94. The maximum Gasteiger partial charge on any atom is 0.109 e. The molecule has 0 saturated heterocycles. The summed E-state index contributed by atoms with van der Waals surface area (Å²) in [4.78, 5) is 9.06. The zero-order valence-corrected chi connectivity index (χ0v) is 10.2. The van der Waals surface area contributed by atoms with Crippen LogP contribution in [0.2, 0.25) is 0 Å². The smallest absolute Gasteiger partial charge is 0.109 e. The van der Waals surface area contributed by atoms with Gasteiger partial charge in [0, 0.05) is 5.92 Å². The summed E-state index contributed by atoms with van der Waals surface area (Å²) in [7, 11) is 0. The Kier molecular flexibility index (Phi) is 2.00. The van der Waals surface area contributed by atoms with E-state index in [9.17, 15) is 0 Å². The molecule has 3 aromatic rings. The molecule has 2 heterocycles. The minimum Gasteiger partial charge on any atom is -0.242 e. The minimum atomic E-state index is 0.496. The largest absolute Gasteiger partial charge is 0.242 e. The van der Waals surface area contributed by atoms with E-state index in [-0.39, 0.29) is 0 Å². The summed E-state index contributed by atoms with van der Waals surface area (Å²) in [6, 6.07) is 4.29. The Morgan fingerprint density at radius 3 is 2.73 bits per heavy atom. The molecule has 1 aromatic carbocycles. The lowest BCUT2D eigenvalue weighted by Crippen LogP contribution is -1.83. The van der Waals surface area contributed by atoms with Crippen molar-refractivity contribution in [2.24, 2.45) is 0 Å². The van der Waals surface area contributed by atoms with Gasteiger partial charge in [0.1, 0.15) is 11.0 Å². The molecule has 0 radical (unpaired) electrons. The predicted molar refractivity (Wildman–Crippen MR) is 66.9 cm³/mol. The fourth-order valence-corrected chi connectivity index (χ4v) is 3.23. The van der Waals surface area contributed by atoms with Crippen LogP contribution in [0.1, 0.15) is 24.8 Å².